The molecule has 2 N–H and O–H groups in total. The number of ketones is 1. The van der Waals surface area contributed by atoms with Gasteiger partial charge in [-0.2, -0.15) is 11.8 Å². The second-order valence-corrected chi connectivity index (χ2v) is 9.30. The molecule has 8 heteroatoms. The van der Waals surface area contributed by atoms with Gasteiger partial charge >= 0.3 is 0 Å². The van der Waals surface area contributed by atoms with E-state index in [-0.39, 0.29) is 17.2 Å². The molecule has 6 nitrogen and oxygen atoms in total. The summed E-state index contributed by atoms with van der Waals surface area (Å²) in [5.41, 5.74) is 1.71. The van der Waals surface area contributed by atoms with Gasteiger partial charge in [-0.1, -0.05) is 32.5 Å². The number of nitrogens with zero attached hydrogens (tertiary/aromatic N) is 1. The average molecular weight is 420 g/mol. The molecule has 0 spiro atoms. The number of aromatic amines is 1. The van der Waals surface area contributed by atoms with Crippen LogP contribution in [0.25, 0.3) is 0 Å². The molecule has 1 amide bonds. The third-order valence-corrected chi connectivity index (χ3v) is 6.19. The molecule has 1 atom stereocenters. The molecule has 0 saturated heterocycles. The van der Waals surface area contributed by atoms with Crippen molar-refractivity contribution < 1.29 is 9.59 Å². The van der Waals surface area contributed by atoms with E-state index in [1.165, 1.54) is 24.8 Å². The third kappa shape index (κ3) is 6.83. The number of carbonyl (C=O) groups excluding carboxylic acids is 2. The molecule has 28 heavy (non-hydrogen) atoms. The molecule has 1 heterocycles. The van der Waals surface area contributed by atoms with Crippen molar-refractivity contribution in [3.05, 3.63) is 51.9 Å². The Kier molecular flexibility index (Phi) is 8.32. The number of thioether (sulfide) groups is 2. The molecule has 1 aromatic heterocycles. The highest BCUT2D eigenvalue weighted by molar-refractivity contribution is 8.00. The van der Waals surface area contributed by atoms with Crippen LogP contribution in [-0.2, 0) is 10.5 Å². The molecular weight excluding hydrogens is 394 g/mol. The molecule has 0 aliphatic carbocycles. The number of Topliss-reactive ketones (excluding diaryl/α,β-unsaturated/α-hetero) is 1. The van der Waals surface area contributed by atoms with E-state index in [0.717, 1.165) is 0 Å². The third-order valence-electron chi connectivity index (χ3n) is 3.81. The minimum atomic E-state index is -0.399. The van der Waals surface area contributed by atoms with Gasteiger partial charge in [0.25, 0.3) is 5.56 Å². The fraction of sp³-hybridized carbons (Fsp3) is 0.400. The molecular formula is C20H25N3O3S2. The van der Waals surface area contributed by atoms with Crippen LogP contribution in [-0.4, -0.2) is 32.2 Å². The molecule has 2 aromatic rings. The lowest BCUT2D eigenvalue weighted by atomic mass is 10.1. The van der Waals surface area contributed by atoms with Crippen molar-refractivity contribution in [2.24, 2.45) is 0 Å². The number of anilines is 1. The lowest BCUT2D eigenvalue weighted by Crippen LogP contribution is -2.25. The number of aromatic nitrogens is 2. The van der Waals surface area contributed by atoms with E-state index in [4.69, 9.17) is 0 Å². The van der Waals surface area contributed by atoms with E-state index in [0.29, 0.717) is 39.5 Å². The maximum Gasteiger partial charge on any atom is 0.251 e. The number of hydrogen-bond acceptors (Lipinski definition) is 6. The van der Waals surface area contributed by atoms with Gasteiger partial charge in [0.1, 0.15) is 0 Å². The summed E-state index contributed by atoms with van der Waals surface area (Å²) in [6.45, 7) is 7.59. The van der Waals surface area contributed by atoms with E-state index in [9.17, 15) is 14.4 Å². The van der Waals surface area contributed by atoms with Crippen LogP contribution < -0.4 is 10.9 Å². The fourth-order valence-corrected chi connectivity index (χ4v) is 3.92. The highest BCUT2D eigenvalue weighted by atomic mass is 32.2. The van der Waals surface area contributed by atoms with Crippen molar-refractivity contribution in [2.75, 3.05) is 5.32 Å². The standard InChI is InChI=1S/C20H25N3O3S2/c1-5-17(19(26)21-15-8-6-14(7-9-15)13(4)24)28-20-22-16(10-18(25)23-20)11-27-12(2)3/h6-10,12,17H,5,11H2,1-4H3,(H,21,26)(H,22,23,25). The van der Waals surface area contributed by atoms with Gasteiger partial charge in [-0.05, 0) is 42.9 Å². The molecule has 2 rings (SSSR count). The minimum absolute atomic E-state index is 0.0228. The monoisotopic (exact) mass is 419 g/mol. The van der Waals surface area contributed by atoms with Crippen LogP contribution in [0.5, 0.6) is 0 Å². The Balaban J connectivity index is 2.07. The number of amides is 1. The second kappa shape index (κ2) is 10.5. The maximum absolute atomic E-state index is 12.6. The molecule has 0 aliphatic heterocycles. The van der Waals surface area contributed by atoms with Crippen LogP contribution in [0.2, 0.25) is 0 Å². The maximum atomic E-state index is 12.6. The van der Waals surface area contributed by atoms with Crippen LogP contribution in [0.4, 0.5) is 5.69 Å². The Morgan fingerprint density at radius 2 is 1.89 bits per heavy atom. The largest absolute Gasteiger partial charge is 0.325 e. The van der Waals surface area contributed by atoms with Crippen molar-refractivity contribution in [1.29, 1.82) is 0 Å². The van der Waals surface area contributed by atoms with Crippen molar-refractivity contribution in [2.45, 2.75) is 55.5 Å². The Morgan fingerprint density at radius 1 is 1.21 bits per heavy atom. The van der Waals surface area contributed by atoms with Crippen LogP contribution >= 0.6 is 23.5 Å². The van der Waals surface area contributed by atoms with Gasteiger partial charge in [-0.3, -0.25) is 14.4 Å². The molecule has 1 aromatic carbocycles. The normalized spacial score (nSPS) is 12.0. The number of H-pyrrole nitrogens is 1. The van der Waals surface area contributed by atoms with Gasteiger partial charge in [-0.25, -0.2) is 4.98 Å². The van der Waals surface area contributed by atoms with Crippen LogP contribution in [0.1, 0.15) is 50.2 Å². The van der Waals surface area contributed by atoms with Gasteiger partial charge in [0.05, 0.1) is 10.9 Å². The van der Waals surface area contributed by atoms with Gasteiger partial charge in [0.15, 0.2) is 10.9 Å². The molecule has 0 fully saturated rings. The fourth-order valence-electron chi connectivity index (χ4n) is 2.33. The highest BCUT2D eigenvalue weighted by Gasteiger charge is 2.20. The summed E-state index contributed by atoms with van der Waals surface area (Å²) in [5, 5.41) is 3.34. The van der Waals surface area contributed by atoms with Crippen LogP contribution in [0.15, 0.2) is 40.3 Å². The predicted octanol–water partition coefficient (Wildman–Crippen LogP) is 4.12. The molecule has 0 bridgehead atoms. The number of nitrogens with one attached hydrogen (secondary N) is 2. The van der Waals surface area contributed by atoms with Gasteiger partial charge < -0.3 is 10.3 Å². The summed E-state index contributed by atoms with van der Waals surface area (Å²) >= 11 is 2.95. The summed E-state index contributed by atoms with van der Waals surface area (Å²) in [5.74, 6) is 0.457. The van der Waals surface area contributed by atoms with Crippen molar-refractivity contribution in [3.63, 3.8) is 0 Å². The van der Waals surface area contributed by atoms with Gasteiger partial charge in [0, 0.05) is 23.1 Å². The van der Waals surface area contributed by atoms with Crippen molar-refractivity contribution in [1.82, 2.24) is 9.97 Å². The number of rotatable bonds is 9. The smallest absolute Gasteiger partial charge is 0.251 e. The highest BCUT2D eigenvalue weighted by Crippen LogP contribution is 2.24. The summed E-state index contributed by atoms with van der Waals surface area (Å²) in [7, 11) is 0. The van der Waals surface area contributed by atoms with E-state index in [1.807, 2.05) is 6.92 Å². The first kappa shape index (κ1) is 22.2. The Bertz CT molecular complexity index is 879. The number of hydrogen-bond donors (Lipinski definition) is 2. The molecule has 0 radical (unpaired) electrons. The zero-order valence-electron chi connectivity index (χ0n) is 16.4. The summed E-state index contributed by atoms with van der Waals surface area (Å²) < 4.78 is 0. The first-order valence-corrected chi connectivity index (χ1v) is 11.0. The van der Waals surface area contributed by atoms with Crippen molar-refractivity contribution in [3.8, 4) is 0 Å². The first-order chi connectivity index (χ1) is 13.3. The molecule has 150 valence electrons. The van der Waals surface area contributed by atoms with E-state index < -0.39 is 5.25 Å². The number of carbonyl (C=O) groups is 2. The Labute approximate surface area is 173 Å². The lowest BCUT2D eigenvalue weighted by Gasteiger charge is -2.14. The SMILES string of the molecule is CCC(Sc1nc(CSC(C)C)cc(=O)[nH]1)C(=O)Nc1ccc(C(C)=O)cc1. The summed E-state index contributed by atoms with van der Waals surface area (Å²) in [4.78, 5) is 43.1. The lowest BCUT2D eigenvalue weighted by molar-refractivity contribution is -0.115. The quantitative estimate of drug-likeness (QED) is 0.361. The Morgan fingerprint density at radius 3 is 2.46 bits per heavy atom. The second-order valence-electron chi connectivity index (χ2n) is 6.54. The van der Waals surface area contributed by atoms with E-state index in [1.54, 1.807) is 36.0 Å². The topological polar surface area (TPSA) is 91.9 Å². The molecule has 0 saturated carbocycles. The molecule has 1 unspecified atom stereocenters. The van der Waals surface area contributed by atoms with Gasteiger partial charge in [-0.15, -0.1) is 0 Å². The van der Waals surface area contributed by atoms with E-state index >= 15 is 0 Å². The zero-order chi connectivity index (χ0) is 20.7. The van der Waals surface area contributed by atoms with Crippen LogP contribution in [0.3, 0.4) is 0 Å². The van der Waals surface area contributed by atoms with Gasteiger partial charge in [0.2, 0.25) is 5.91 Å². The zero-order valence-corrected chi connectivity index (χ0v) is 18.1. The Hall–Kier alpha value is -2.06. The summed E-state index contributed by atoms with van der Waals surface area (Å²) in [6, 6.07) is 8.27. The summed E-state index contributed by atoms with van der Waals surface area (Å²) in [6.07, 6.45) is 0.580. The van der Waals surface area contributed by atoms with Crippen LogP contribution in [0, 0.1) is 0 Å². The number of benzene rings is 1. The first-order valence-electron chi connectivity index (χ1n) is 9.08. The minimum Gasteiger partial charge on any atom is -0.325 e. The molecule has 0 aliphatic rings. The average Bonchev–Trinajstić information content (AvgIpc) is 2.64. The predicted molar refractivity (Wildman–Crippen MR) is 116 cm³/mol. The van der Waals surface area contributed by atoms with Crippen molar-refractivity contribution >= 4 is 40.9 Å². The van der Waals surface area contributed by atoms with E-state index in [2.05, 4.69) is 29.1 Å².